The van der Waals surface area contributed by atoms with E-state index >= 15 is 0 Å². The Labute approximate surface area is 80.7 Å². The van der Waals surface area contributed by atoms with Crippen LogP contribution in [0.1, 0.15) is 17.3 Å². The average molecular weight is 198 g/mol. The fourth-order valence-corrected chi connectivity index (χ4v) is 0.825. The van der Waals surface area contributed by atoms with Gasteiger partial charge in [0, 0.05) is 0 Å². The number of benzene rings is 1. The number of hydrogen-bond acceptors (Lipinski definition) is 4. The van der Waals surface area contributed by atoms with Gasteiger partial charge in [-0.2, -0.15) is 4.89 Å². The second kappa shape index (κ2) is 5.21. The van der Waals surface area contributed by atoms with Crippen molar-refractivity contribution in [1.29, 1.82) is 0 Å². The topological polar surface area (TPSA) is 65.0 Å². The van der Waals surface area contributed by atoms with Gasteiger partial charge in [-0.3, -0.25) is 0 Å². The van der Waals surface area contributed by atoms with E-state index in [1.165, 1.54) is 12.1 Å². The summed E-state index contributed by atoms with van der Waals surface area (Å²) in [5.74, 6) is -0.978. The van der Waals surface area contributed by atoms with Crippen LogP contribution >= 0.6 is 0 Å². The molecule has 0 saturated heterocycles. The SMILES string of the molecule is CCOOOc1ccccc1C(=O)O. The average Bonchev–Trinajstić information content (AvgIpc) is 2.19. The van der Waals surface area contributed by atoms with E-state index in [-0.39, 0.29) is 11.3 Å². The molecule has 0 aliphatic carbocycles. The van der Waals surface area contributed by atoms with Gasteiger partial charge in [-0.25, -0.2) is 4.79 Å². The first kappa shape index (κ1) is 10.5. The van der Waals surface area contributed by atoms with Crippen LogP contribution in [0.4, 0.5) is 0 Å². The van der Waals surface area contributed by atoms with Crippen LogP contribution in [0.3, 0.4) is 0 Å². The van der Waals surface area contributed by atoms with E-state index in [2.05, 4.69) is 14.8 Å². The number of carboxylic acid groups (broad SMARTS) is 1. The van der Waals surface area contributed by atoms with Gasteiger partial charge in [0.2, 0.25) is 0 Å². The molecule has 0 heterocycles. The van der Waals surface area contributed by atoms with Crippen LogP contribution < -0.4 is 4.89 Å². The number of rotatable bonds is 5. The summed E-state index contributed by atoms with van der Waals surface area (Å²) in [5, 5.41) is 13.0. The molecule has 14 heavy (non-hydrogen) atoms. The molecular weight excluding hydrogens is 188 g/mol. The highest BCUT2D eigenvalue weighted by molar-refractivity contribution is 5.90. The lowest BCUT2D eigenvalue weighted by Gasteiger charge is -2.04. The van der Waals surface area contributed by atoms with Crippen molar-refractivity contribution < 1.29 is 24.7 Å². The van der Waals surface area contributed by atoms with E-state index in [0.717, 1.165) is 0 Å². The Morgan fingerprint density at radius 2 is 2.14 bits per heavy atom. The molecule has 76 valence electrons. The summed E-state index contributed by atoms with van der Waals surface area (Å²) in [7, 11) is 0. The minimum Gasteiger partial charge on any atom is -0.478 e. The molecule has 1 aromatic carbocycles. The second-order valence-electron chi connectivity index (χ2n) is 2.36. The predicted octanol–water partition coefficient (Wildman–Crippen LogP) is 1.65. The molecule has 0 amide bonds. The van der Waals surface area contributed by atoms with Crippen molar-refractivity contribution in [2.24, 2.45) is 0 Å². The molecule has 0 spiro atoms. The van der Waals surface area contributed by atoms with E-state index in [9.17, 15) is 4.79 Å². The first-order valence-corrected chi connectivity index (χ1v) is 4.04. The molecule has 0 bridgehead atoms. The largest absolute Gasteiger partial charge is 0.478 e. The van der Waals surface area contributed by atoms with Gasteiger partial charge >= 0.3 is 5.97 Å². The van der Waals surface area contributed by atoms with Crippen LogP contribution in [-0.2, 0) is 9.93 Å². The maximum Gasteiger partial charge on any atom is 0.339 e. The first-order valence-electron chi connectivity index (χ1n) is 4.04. The molecule has 0 unspecified atom stereocenters. The summed E-state index contributed by atoms with van der Waals surface area (Å²) in [4.78, 5) is 19.8. The molecule has 0 aliphatic heterocycles. The molecular formula is C9H10O5. The van der Waals surface area contributed by atoms with Crippen LogP contribution in [0.5, 0.6) is 5.75 Å². The quantitative estimate of drug-likeness (QED) is 0.442. The zero-order valence-corrected chi connectivity index (χ0v) is 7.60. The molecule has 0 aromatic heterocycles. The van der Waals surface area contributed by atoms with Gasteiger partial charge in [0.25, 0.3) is 0 Å². The molecule has 0 aliphatic rings. The zero-order valence-electron chi connectivity index (χ0n) is 7.60. The van der Waals surface area contributed by atoms with Crippen molar-refractivity contribution in [2.75, 3.05) is 6.61 Å². The van der Waals surface area contributed by atoms with Crippen molar-refractivity contribution in [3.63, 3.8) is 0 Å². The highest BCUT2D eigenvalue weighted by atomic mass is 17.5. The number of aromatic carboxylic acids is 1. The highest BCUT2D eigenvalue weighted by Crippen LogP contribution is 2.17. The van der Waals surface area contributed by atoms with E-state index in [0.29, 0.717) is 6.61 Å². The molecule has 0 saturated carbocycles. The van der Waals surface area contributed by atoms with Crippen LogP contribution in [-0.4, -0.2) is 17.7 Å². The molecule has 1 aromatic rings. The maximum absolute atomic E-state index is 10.7. The van der Waals surface area contributed by atoms with Crippen LogP contribution in [0.15, 0.2) is 24.3 Å². The lowest BCUT2D eigenvalue weighted by molar-refractivity contribution is -0.464. The summed E-state index contributed by atoms with van der Waals surface area (Å²) in [5.41, 5.74) is 0.0206. The molecule has 5 heteroatoms. The summed E-state index contributed by atoms with van der Waals surface area (Å²) in [6, 6.07) is 6.11. The van der Waals surface area contributed by atoms with Gasteiger partial charge in [-0.1, -0.05) is 12.1 Å². The maximum atomic E-state index is 10.7. The Hall–Kier alpha value is -1.59. The molecule has 0 fully saturated rings. The molecule has 1 rings (SSSR count). The monoisotopic (exact) mass is 198 g/mol. The fourth-order valence-electron chi connectivity index (χ4n) is 0.825. The van der Waals surface area contributed by atoms with Gasteiger partial charge in [0.15, 0.2) is 5.75 Å². The zero-order chi connectivity index (χ0) is 10.4. The smallest absolute Gasteiger partial charge is 0.339 e. The third-order valence-electron chi connectivity index (χ3n) is 1.41. The summed E-state index contributed by atoms with van der Waals surface area (Å²) in [6.07, 6.45) is 0. The lowest BCUT2D eigenvalue weighted by Crippen LogP contribution is -2.04. The Kier molecular flexibility index (Phi) is 3.90. The predicted molar refractivity (Wildman–Crippen MR) is 46.7 cm³/mol. The van der Waals surface area contributed by atoms with E-state index in [4.69, 9.17) is 5.11 Å². The van der Waals surface area contributed by atoms with Crippen molar-refractivity contribution in [3.8, 4) is 5.75 Å². The fraction of sp³-hybridized carbons (Fsp3) is 0.222. The molecule has 0 atom stereocenters. The summed E-state index contributed by atoms with van der Waals surface area (Å²) in [6.45, 7) is 2.03. The summed E-state index contributed by atoms with van der Waals surface area (Å²) >= 11 is 0. The van der Waals surface area contributed by atoms with Gasteiger partial charge in [0.1, 0.15) is 5.56 Å². The van der Waals surface area contributed by atoms with Crippen molar-refractivity contribution in [3.05, 3.63) is 29.8 Å². The van der Waals surface area contributed by atoms with Crippen molar-refractivity contribution in [2.45, 2.75) is 6.92 Å². The first-order chi connectivity index (χ1) is 6.75. The minimum absolute atomic E-state index is 0.0206. The second-order valence-corrected chi connectivity index (χ2v) is 2.36. The molecule has 5 nitrogen and oxygen atoms in total. The van der Waals surface area contributed by atoms with Crippen molar-refractivity contribution in [1.82, 2.24) is 0 Å². The Balaban J connectivity index is 2.69. The molecule has 1 N–H and O–H groups in total. The van der Waals surface area contributed by atoms with Crippen molar-refractivity contribution >= 4 is 5.97 Å². The van der Waals surface area contributed by atoms with Gasteiger partial charge in [-0.05, 0) is 24.1 Å². The third kappa shape index (κ3) is 2.72. The Bertz CT molecular complexity index is 310. The van der Waals surface area contributed by atoms with E-state index in [1.807, 2.05) is 0 Å². The van der Waals surface area contributed by atoms with Crippen LogP contribution in [0.25, 0.3) is 0 Å². The van der Waals surface area contributed by atoms with Crippen LogP contribution in [0, 0.1) is 0 Å². The number of para-hydroxylation sites is 1. The highest BCUT2D eigenvalue weighted by Gasteiger charge is 2.10. The number of carbonyl (C=O) groups is 1. The third-order valence-corrected chi connectivity index (χ3v) is 1.41. The van der Waals surface area contributed by atoms with Gasteiger partial charge in [-0.15, -0.1) is 0 Å². The summed E-state index contributed by atoms with van der Waals surface area (Å²) < 4.78 is 0. The molecule has 0 radical (unpaired) electrons. The minimum atomic E-state index is -1.08. The number of carboxylic acids is 1. The van der Waals surface area contributed by atoms with Gasteiger partial charge in [0.05, 0.1) is 6.61 Å². The standard InChI is InChI=1S/C9H10O5/c1-2-12-14-13-8-6-4-3-5-7(8)9(10)11/h3-6H,2H2,1H3,(H,10,11). The lowest BCUT2D eigenvalue weighted by atomic mass is 10.2. The van der Waals surface area contributed by atoms with E-state index in [1.54, 1.807) is 19.1 Å². The normalized spacial score (nSPS) is 9.79. The van der Waals surface area contributed by atoms with Crippen LogP contribution in [0.2, 0.25) is 0 Å². The number of hydrogen-bond donors (Lipinski definition) is 1. The Morgan fingerprint density at radius 3 is 2.79 bits per heavy atom. The van der Waals surface area contributed by atoms with Gasteiger partial charge < -0.3 is 9.99 Å². The Morgan fingerprint density at radius 1 is 1.43 bits per heavy atom. The van der Waals surface area contributed by atoms with E-state index < -0.39 is 5.97 Å².